The molecule has 0 aliphatic rings. The molecule has 1 unspecified atom stereocenters. The number of nitrogen functional groups attached to an aromatic ring is 1. The van der Waals surface area contributed by atoms with Gasteiger partial charge in [-0.2, -0.15) is 0 Å². The first kappa shape index (κ1) is 17.5. The van der Waals surface area contributed by atoms with Crippen LogP contribution in [0.1, 0.15) is 49.4 Å². The van der Waals surface area contributed by atoms with Crippen molar-refractivity contribution in [2.45, 2.75) is 54.4 Å². The van der Waals surface area contributed by atoms with Crippen LogP contribution >= 0.6 is 0 Å². The highest BCUT2D eigenvalue weighted by atomic mass is 16.4. The second kappa shape index (κ2) is 7.82. The van der Waals surface area contributed by atoms with Crippen molar-refractivity contribution < 1.29 is 9.90 Å². The first-order valence-corrected chi connectivity index (χ1v) is 6.96. The minimum absolute atomic E-state index is 0.325. The van der Waals surface area contributed by atoms with E-state index in [1.54, 1.807) is 0 Å². The van der Waals surface area contributed by atoms with Crippen molar-refractivity contribution >= 4 is 11.7 Å². The number of nitrogens with two attached hydrogens (primary N) is 1. The lowest BCUT2D eigenvalue weighted by molar-refractivity contribution is -0.141. The molecule has 0 heterocycles. The fraction of sp³-hybridized carbons (Fsp3) is 0.562. The largest absolute Gasteiger partial charge is 0.481 e. The topological polar surface area (TPSA) is 63.3 Å². The summed E-state index contributed by atoms with van der Waals surface area (Å²) < 4.78 is 0. The van der Waals surface area contributed by atoms with Crippen LogP contribution in [0, 0.1) is 26.7 Å². The van der Waals surface area contributed by atoms with Crippen molar-refractivity contribution in [3.63, 3.8) is 0 Å². The Kier molecular flexibility index (Phi) is 7.20. The van der Waals surface area contributed by atoms with Gasteiger partial charge >= 0.3 is 5.97 Å². The first-order chi connectivity index (χ1) is 8.88. The minimum atomic E-state index is -0.731. The van der Waals surface area contributed by atoms with Crippen molar-refractivity contribution in [1.29, 1.82) is 0 Å². The number of rotatable bonds is 4. The molecular weight excluding hydrogens is 238 g/mol. The predicted octanol–water partition coefficient (Wildman–Crippen LogP) is 3.87. The molecule has 19 heavy (non-hydrogen) atoms. The van der Waals surface area contributed by atoms with E-state index in [1.165, 1.54) is 0 Å². The van der Waals surface area contributed by atoms with Gasteiger partial charge in [-0.15, -0.1) is 0 Å². The molecule has 0 saturated carbocycles. The van der Waals surface area contributed by atoms with E-state index in [-0.39, 0.29) is 5.92 Å². The van der Waals surface area contributed by atoms with Gasteiger partial charge in [0.25, 0.3) is 0 Å². The lowest BCUT2D eigenvalue weighted by Crippen LogP contribution is -2.17. The van der Waals surface area contributed by atoms with Gasteiger partial charge in [-0.3, -0.25) is 4.79 Å². The van der Waals surface area contributed by atoms with Crippen molar-refractivity contribution in [2.24, 2.45) is 5.92 Å². The fourth-order valence-electron chi connectivity index (χ4n) is 2.21. The van der Waals surface area contributed by atoms with Crippen LogP contribution < -0.4 is 5.73 Å². The monoisotopic (exact) mass is 265 g/mol. The van der Waals surface area contributed by atoms with E-state index in [0.29, 0.717) is 12.8 Å². The van der Waals surface area contributed by atoms with Gasteiger partial charge in [0, 0.05) is 5.69 Å². The maximum atomic E-state index is 11.1. The van der Waals surface area contributed by atoms with Crippen molar-refractivity contribution in [2.75, 3.05) is 5.73 Å². The van der Waals surface area contributed by atoms with Gasteiger partial charge in [0.15, 0.2) is 0 Å². The van der Waals surface area contributed by atoms with Gasteiger partial charge in [-0.05, 0) is 55.9 Å². The lowest BCUT2D eigenvalue weighted by Gasteiger charge is -2.17. The molecule has 0 amide bonds. The summed E-state index contributed by atoms with van der Waals surface area (Å²) in [6, 6.07) is 2.03. The summed E-state index contributed by atoms with van der Waals surface area (Å²) in [5.41, 5.74) is 11.1. The number of hydrogen-bond donors (Lipinski definition) is 2. The third kappa shape index (κ3) is 4.27. The Morgan fingerprint density at radius 1 is 1.26 bits per heavy atom. The number of hydrogen-bond acceptors (Lipinski definition) is 2. The predicted molar refractivity (Wildman–Crippen MR) is 81.5 cm³/mol. The average molecular weight is 265 g/mol. The van der Waals surface area contributed by atoms with Crippen molar-refractivity contribution in [3.05, 3.63) is 28.3 Å². The van der Waals surface area contributed by atoms with E-state index in [9.17, 15) is 4.79 Å². The van der Waals surface area contributed by atoms with E-state index in [1.807, 2.05) is 47.6 Å². The number of benzene rings is 1. The van der Waals surface area contributed by atoms with Gasteiger partial charge < -0.3 is 10.8 Å². The SMILES string of the molecule is CC.CCC(Cc1c(C)cc(C)c(N)c1C)C(=O)O. The number of aliphatic carboxylic acids is 1. The molecule has 0 bridgehead atoms. The van der Waals surface area contributed by atoms with E-state index in [0.717, 1.165) is 27.9 Å². The average Bonchev–Trinajstić information content (AvgIpc) is 2.38. The van der Waals surface area contributed by atoms with Crippen LogP contribution in [0.15, 0.2) is 6.07 Å². The summed E-state index contributed by atoms with van der Waals surface area (Å²) in [7, 11) is 0. The molecule has 1 rings (SSSR count). The second-order valence-corrected chi connectivity index (χ2v) is 4.68. The highest BCUT2D eigenvalue weighted by Crippen LogP contribution is 2.27. The van der Waals surface area contributed by atoms with Crippen LogP contribution in [0.2, 0.25) is 0 Å². The lowest BCUT2D eigenvalue weighted by atomic mass is 9.89. The van der Waals surface area contributed by atoms with Gasteiger partial charge in [0.2, 0.25) is 0 Å². The highest BCUT2D eigenvalue weighted by Gasteiger charge is 2.19. The van der Waals surface area contributed by atoms with Gasteiger partial charge in [-0.25, -0.2) is 0 Å². The molecule has 0 radical (unpaired) electrons. The fourth-order valence-corrected chi connectivity index (χ4v) is 2.21. The second-order valence-electron chi connectivity index (χ2n) is 4.68. The Morgan fingerprint density at radius 2 is 1.79 bits per heavy atom. The van der Waals surface area contributed by atoms with E-state index < -0.39 is 5.97 Å². The molecule has 0 saturated heterocycles. The summed E-state index contributed by atoms with van der Waals surface area (Å²) >= 11 is 0. The Hall–Kier alpha value is -1.51. The Labute approximate surface area is 116 Å². The Balaban J connectivity index is 0.00000154. The van der Waals surface area contributed by atoms with Crippen LogP contribution in [0.4, 0.5) is 5.69 Å². The molecule has 0 aliphatic heterocycles. The molecule has 3 nitrogen and oxygen atoms in total. The Morgan fingerprint density at radius 3 is 2.21 bits per heavy atom. The van der Waals surface area contributed by atoms with Crippen LogP contribution in [-0.2, 0) is 11.2 Å². The quantitative estimate of drug-likeness (QED) is 0.812. The third-order valence-corrected chi connectivity index (χ3v) is 3.48. The Bertz CT molecular complexity index is 439. The molecule has 108 valence electrons. The third-order valence-electron chi connectivity index (χ3n) is 3.48. The van der Waals surface area contributed by atoms with Crippen LogP contribution in [0.3, 0.4) is 0 Å². The van der Waals surface area contributed by atoms with Crippen LogP contribution in [0.25, 0.3) is 0 Å². The molecule has 0 aliphatic carbocycles. The molecule has 1 aromatic rings. The summed E-state index contributed by atoms with van der Waals surface area (Å²) in [4.78, 5) is 11.1. The molecule has 1 aromatic carbocycles. The molecular formula is C16H27NO2. The smallest absolute Gasteiger partial charge is 0.306 e. The molecule has 0 fully saturated rings. The molecule has 3 heteroatoms. The summed E-state index contributed by atoms with van der Waals surface area (Å²) in [5.74, 6) is -1.06. The number of carboxylic acids is 1. The normalized spacial score (nSPS) is 11.5. The summed E-state index contributed by atoms with van der Waals surface area (Å²) in [6.45, 7) is 11.9. The maximum absolute atomic E-state index is 11.1. The zero-order valence-electron chi connectivity index (χ0n) is 13.0. The van der Waals surface area contributed by atoms with Gasteiger partial charge in [0.1, 0.15) is 0 Å². The number of carboxylic acid groups (broad SMARTS) is 1. The standard InChI is InChI=1S/C14H21NO2.C2H6/c1-5-11(14(16)17)7-12-8(2)6-9(3)13(15)10(12)4;1-2/h6,11H,5,7,15H2,1-4H3,(H,16,17);1-2H3. The van der Waals surface area contributed by atoms with Gasteiger partial charge in [-0.1, -0.05) is 26.8 Å². The number of anilines is 1. The molecule has 0 aromatic heterocycles. The zero-order chi connectivity index (χ0) is 15.2. The van der Waals surface area contributed by atoms with Crippen molar-refractivity contribution in [1.82, 2.24) is 0 Å². The maximum Gasteiger partial charge on any atom is 0.306 e. The summed E-state index contributed by atoms with van der Waals surface area (Å²) in [5, 5.41) is 9.11. The summed E-state index contributed by atoms with van der Waals surface area (Å²) in [6.07, 6.45) is 1.20. The minimum Gasteiger partial charge on any atom is -0.481 e. The van der Waals surface area contributed by atoms with Crippen molar-refractivity contribution in [3.8, 4) is 0 Å². The van der Waals surface area contributed by atoms with Gasteiger partial charge in [0.05, 0.1) is 5.92 Å². The van der Waals surface area contributed by atoms with E-state index >= 15 is 0 Å². The van der Waals surface area contributed by atoms with E-state index in [4.69, 9.17) is 10.8 Å². The number of aryl methyl sites for hydroxylation is 2. The molecule has 1 atom stereocenters. The first-order valence-electron chi connectivity index (χ1n) is 6.96. The van der Waals surface area contributed by atoms with Crippen LogP contribution in [0.5, 0.6) is 0 Å². The number of carbonyl (C=O) groups is 1. The zero-order valence-corrected chi connectivity index (χ0v) is 13.0. The molecule has 0 spiro atoms. The van der Waals surface area contributed by atoms with Crippen LogP contribution in [-0.4, -0.2) is 11.1 Å². The highest BCUT2D eigenvalue weighted by molar-refractivity contribution is 5.71. The molecule has 3 N–H and O–H groups in total. The van der Waals surface area contributed by atoms with E-state index in [2.05, 4.69) is 0 Å².